The van der Waals surface area contributed by atoms with E-state index in [0.29, 0.717) is 33.0 Å². The first-order valence-electron chi connectivity index (χ1n) is 14.0. The van der Waals surface area contributed by atoms with Gasteiger partial charge in [0.1, 0.15) is 30.5 Å². The predicted octanol–water partition coefficient (Wildman–Crippen LogP) is 6.36. The first kappa shape index (κ1) is 28.8. The van der Waals surface area contributed by atoms with Gasteiger partial charge in [-0.1, -0.05) is 127 Å². The molecule has 0 aromatic heterocycles. The Morgan fingerprint density at radius 3 is 1.34 bits per heavy atom. The van der Waals surface area contributed by atoms with Gasteiger partial charge in [-0.3, -0.25) is 0 Å². The summed E-state index contributed by atoms with van der Waals surface area (Å²) in [7, 11) is 0. The highest BCUT2D eigenvalue weighted by Gasteiger charge is 2.48. The number of benzene rings is 4. The average molecular weight is 549 g/mol. The molecular weight excluding hydrogens is 512 g/mol. The van der Waals surface area contributed by atoms with Crippen LogP contribution in [0.2, 0.25) is 0 Å². The summed E-state index contributed by atoms with van der Waals surface area (Å²) in [5.41, 5.74) is 4.23. The molecule has 0 amide bonds. The molecule has 0 spiro atoms. The summed E-state index contributed by atoms with van der Waals surface area (Å²) < 4.78 is 32.3. The highest BCUT2D eigenvalue weighted by Crippen LogP contribution is 2.31. The Hall–Kier alpha value is -3.76. The van der Waals surface area contributed by atoms with Gasteiger partial charge < -0.3 is 23.7 Å². The molecule has 210 valence electrons. The van der Waals surface area contributed by atoms with Gasteiger partial charge in [0, 0.05) is 0 Å². The molecule has 0 unspecified atom stereocenters. The van der Waals surface area contributed by atoms with Crippen molar-refractivity contribution in [3.8, 4) is 12.3 Å². The molecule has 5 atom stereocenters. The van der Waals surface area contributed by atoms with E-state index in [-0.39, 0.29) is 0 Å². The lowest BCUT2D eigenvalue weighted by molar-refractivity contribution is -0.261. The van der Waals surface area contributed by atoms with Crippen molar-refractivity contribution in [1.82, 2.24) is 0 Å². The van der Waals surface area contributed by atoms with Crippen molar-refractivity contribution >= 4 is 0 Å². The molecule has 1 fully saturated rings. The lowest BCUT2D eigenvalue weighted by Crippen LogP contribution is -2.60. The normalized spacial score (nSPS) is 22.2. The molecule has 4 aromatic carbocycles. The summed E-state index contributed by atoms with van der Waals surface area (Å²) >= 11 is 0. The highest BCUT2D eigenvalue weighted by atomic mass is 16.6. The minimum absolute atomic E-state index is 0.295. The van der Waals surface area contributed by atoms with Crippen LogP contribution in [0, 0.1) is 12.3 Å². The number of hydrogen-bond donors (Lipinski definition) is 0. The van der Waals surface area contributed by atoms with E-state index in [1.165, 1.54) is 0 Å². The lowest BCUT2D eigenvalue weighted by Gasteiger charge is -2.44. The lowest BCUT2D eigenvalue weighted by atomic mass is 9.94. The van der Waals surface area contributed by atoms with Crippen molar-refractivity contribution in [2.75, 3.05) is 6.61 Å². The molecule has 1 aliphatic heterocycles. The van der Waals surface area contributed by atoms with Gasteiger partial charge in [-0.25, -0.2) is 0 Å². The van der Waals surface area contributed by atoms with Crippen LogP contribution >= 0.6 is 0 Å². The molecule has 1 aliphatic rings. The summed E-state index contributed by atoms with van der Waals surface area (Å²) in [6, 6.07) is 40.2. The maximum absolute atomic E-state index is 6.62. The Kier molecular flexibility index (Phi) is 10.7. The Morgan fingerprint density at radius 1 is 0.512 bits per heavy atom. The van der Waals surface area contributed by atoms with Crippen LogP contribution in [-0.2, 0) is 50.1 Å². The van der Waals surface area contributed by atoms with E-state index in [4.69, 9.17) is 30.1 Å². The van der Waals surface area contributed by atoms with Crippen LogP contribution in [0.1, 0.15) is 22.3 Å². The second-order valence-corrected chi connectivity index (χ2v) is 10.0. The summed E-state index contributed by atoms with van der Waals surface area (Å²) in [4.78, 5) is 0. The van der Waals surface area contributed by atoms with Crippen molar-refractivity contribution in [1.29, 1.82) is 0 Å². The van der Waals surface area contributed by atoms with Gasteiger partial charge in [0.15, 0.2) is 0 Å². The largest absolute Gasteiger partial charge is 0.374 e. The molecule has 0 radical (unpaired) electrons. The average Bonchev–Trinajstić information content (AvgIpc) is 3.04. The second-order valence-electron chi connectivity index (χ2n) is 10.0. The molecule has 0 aliphatic carbocycles. The van der Waals surface area contributed by atoms with Crippen LogP contribution in [0.15, 0.2) is 121 Å². The molecule has 4 aromatic rings. The number of terminal acetylenes is 1. The zero-order valence-electron chi connectivity index (χ0n) is 23.1. The molecule has 0 saturated carbocycles. The number of hydrogen-bond acceptors (Lipinski definition) is 5. The first-order valence-corrected chi connectivity index (χ1v) is 14.0. The fraction of sp³-hybridized carbons (Fsp3) is 0.278. The van der Waals surface area contributed by atoms with Crippen molar-refractivity contribution in [3.63, 3.8) is 0 Å². The van der Waals surface area contributed by atoms with E-state index >= 15 is 0 Å². The van der Waals surface area contributed by atoms with Crippen molar-refractivity contribution in [2.24, 2.45) is 0 Å². The smallest absolute Gasteiger partial charge is 0.147 e. The molecule has 41 heavy (non-hydrogen) atoms. The SMILES string of the molecule is C#C[C@@H]1O[C@H](COCc2ccccc2)[C@@H](OCc2ccccc2)[C@H](OCc2ccccc2)[C@H]1OCc1ccccc1. The van der Waals surface area contributed by atoms with Gasteiger partial charge in [-0.15, -0.1) is 6.42 Å². The van der Waals surface area contributed by atoms with Crippen LogP contribution in [0.5, 0.6) is 0 Å². The van der Waals surface area contributed by atoms with Gasteiger partial charge in [0.25, 0.3) is 0 Å². The third-order valence-corrected chi connectivity index (χ3v) is 7.05. The van der Waals surface area contributed by atoms with Crippen LogP contribution in [0.3, 0.4) is 0 Å². The van der Waals surface area contributed by atoms with E-state index in [2.05, 4.69) is 5.92 Å². The van der Waals surface area contributed by atoms with E-state index in [0.717, 1.165) is 22.3 Å². The maximum Gasteiger partial charge on any atom is 0.147 e. The molecule has 1 heterocycles. The topological polar surface area (TPSA) is 46.2 Å². The van der Waals surface area contributed by atoms with Crippen LogP contribution in [0.25, 0.3) is 0 Å². The molecule has 0 bridgehead atoms. The van der Waals surface area contributed by atoms with Crippen molar-refractivity contribution in [2.45, 2.75) is 56.9 Å². The zero-order chi connectivity index (χ0) is 28.1. The monoisotopic (exact) mass is 548 g/mol. The van der Waals surface area contributed by atoms with Crippen molar-refractivity contribution in [3.05, 3.63) is 144 Å². The Morgan fingerprint density at radius 2 is 0.902 bits per heavy atom. The number of rotatable bonds is 13. The Labute approximate surface area is 243 Å². The number of ether oxygens (including phenoxy) is 5. The molecule has 5 nitrogen and oxygen atoms in total. The zero-order valence-corrected chi connectivity index (χ0v) is 23.1. The van der Waals surface area contributed by atoms with Gasteiger partial charge in [0.2, 0.25) is 0 Å². The molecule has 5 rings (SSSR count). The van der Waals surface area contributed by atoms with Gasteiger partial charge in [-0.05, 0) is 22.3 Å². The highest BCUT2D eigenvalue weighted by molar-refractivity contribution is 5.17. The van der Waals surface area contributed by atoms with Gasteiger partial charge in [-0.2, -0.15) is 0 Å². The van der Waals surface area contributed by atoms with E-state index in [1.54, 1.807) is 0 Å². The van der Waals surface area contributed by atoms with Crippen LogP contribution in [-0.4, -0.2) is 37.1 Å². The molecule has 1 saturated heterocycles. The van der Waals surface area contributed by atoms with Crippen molar-refractivity contribution < 1.29 is 23.7 Å². The van der Waals surface area contributed by atoms with Gasteiger partial charge in [0.05, 0.1) is 33.0 Å². The molecule has 0 N–H and O–H groups in total. The van der Waals surface area contributed by atoms with Crippen LogP contribution < -0.4 is 0 Å². The summed E-state index contributed by atoms with van der Waals surface area (Å²) in [5, 5.41) is 0. The van der Waals surface area contributed by atoms with Gasteiger partial charge >= 0.3 is 0 Å². The summed E-state index contributed by atoms with van der Waals surface area (Å²) in [6.45, 7) is 1.90. The quantitative estimate of drug-likeness (QED) is 0.182. The van der Waals surface area contributed by atoms with Crippen LogP contribution in [0.4, 0.5) is 0 Å². The molecular formula is C36H36O5. The first-order chi connectivity index (χ1) is 20.3. The van der Waals surface area contributed by atoms with E-state index < -0.39 is 30.5 Å². The maximum atomic E-state index is 6.62. The third kappa shape index (κ3) is 8.37. The second kappa shape index (κ2) is 15.3. The minimum atomic E-state index is -0.638. The predicted molar refractivity (Wildman–Crippen MR) is 159 cm³/mol. The minimum Gasteiger partial charge on any atom is -0.374 e. The molecule has 5 heteroatoms. The van der Waals surface area contributed by atoms with E-state index in [9.17, 15) is 0 Å². The third-order valence-electron chi connectivity index (χ3n) is 7.05. The standard InChI is InChI=1S/C36H36O5/c1-2-32-34(38-24-29-17-9-4-10-18-29)36(40-26-31-21-13-6-14-22-31)35(39-25-30-19-11-5-12-20-30)33(41-32)27-37-23-28-15-7-3-8-16-28/h1,3-22,32-36H,23-27H2/t32-,33+,34-,35+,36+/m0/s1. The van der Waals surface area contributed by atoms with E-state index in [1.807, 2.05) is 121 Å². The Bertz CT molecular complexity index is 1320. The fourth-order valence-electron chi connectivity index (χ4n) is 4.92. The summed E-state index contributed by atoms with van der Waals surface area (Å²) in [5.74, 6) is 2.81. The summed E-state index contributed by atoms with van der Waals surface area (Å²) in [6.07, 6.45) is 3.41. The fourth-order valence-corrected chi connectivity index (χ4v) is 4.92. The Balaban J connectivity index is 1.39.